The van der Waals surface area contributed by atoms with E-state index < -0.39 is 20.6 Å². The first-order chi connectivity index (χ1) is 15.1. The quantitative estimate of drug-likeness (QED) is 0.242. The third kappa shape index (κ3) is 6.56. The van der Waals surface area contributed by atoms with E-state index in [4.69, 9.17) is 10.3 Å². The number of phosphoric acid groups is 1. The number of halogens is 3. The summed E-state index contributed by atoms with van der Waals surface area (Å²) in [6.07, 6.45) is -2.92. The second-order valence-corrected chi connectivity index (χ2v) is 9.14. The molecule has 10 nitrogen and oxygen atoms in total. The van der Waals surface area contributed by atoms with Crippen molar-refractivity contribution in [2.45, 2.75) is 29.1 Å². The van der Waals surface area contributed by atoms with Crippen molar-refractivity contribution in [3.05, 3.63) is 30.6 Å². The van der Waals surface area contributed by atoms with Crippen LogP contribution in [0.1, 0.15) is 6.42 Å². The summed E-state index contributed by atoms with van der Waals surface area (Å²) in [5, 5.41) is 10.1. The lowest BCUT2D eigenvalue weighted by Gasteiger charge is -2.16. The predicted octanol–water partition coefficient (Wildman–Crippen LogP) is 4.01. The Bertz CT molecular complexity index is 1130. The first-order valence-corrected chi connectivity index (χ1v) is 11.3. The number of aromatic hydroxyl groups is 1. The van der Waals surface area contributed by atoms with Crippen molar-refractivity contribution < 1.29 is 36.4 Å². The second kappa shape index (κ2) is 10.0. The second-order valence-electron chi connectivity index (χ2n) is 6.30. The molecule has 0 radical (unpaired) electrons. The molecule has 0 saturated carbocycles. The first-order valence-electron chi connectivity index (χ1n) is 9.05. The smallest absolute Gasteiger partial charge is 0.474 e. The van der Waals surface area contributed by atoms with Crippen molar-refractivity contribution in [2.75, 3.05) is 26.1 Å². The summed E-state index contributed by atoms with van der Waals surface area (Å²) in [4.78, 5) is 13.4. The van der Waals surface area contributed by atoms with Crippen LogP contribution in [0.25, 0.3) is 11.2 Å². The Morgan fingerprint density at radius 1 is 1.28 bits per heavy atom. The number of phenolic OH excluding ortho intramolecular Hbond substituents is 1. The highest BCUT2D eigenvalue weighted by Crippen LogP contribution is 2.49. The van der Waals surface area contributed by atoms with E-state index >= 15 is 0 Å². The molecule has 1 unspecified atom stereocenters. The van der Waals surface area contributed by atoms with Gasteiger partial charge in [-0.3, -0.25) is 13.6 Å². The summed E-state index contributed by atoms with van der Waals surface area (Å²) in [5.41, 5.74) is 6.73. The van der Waals surface area contributed by atoms with E-state index in [9.17, 15) is 22.8 Å². The number of phosphoric ester groups is 1. The lowest BCUT2D eigenvalue weighted by molar-refractivity contribution is -0.158. The number of hydrogen-bond donors (Lipinski definition) is 2. The molecule has 0 spiro atoms. The molecule has 3 aromatic rings. The summed E-state index contributed by atoms with van der Waals surface area (Å²) in [6, 6.07) is 6.59. The number of nitrogens with zero attached hydrogens (tertiary/aromatic N) is 4. The zero-order valence-electron chi connectivity index (χ0n) is 16.7. The molecule has 3 N–H and O–H groups in total. The molecule has 3 rings (SSSR count). The summed E-state index contributed by atoms with van der Waals surface area (Å²) < 4.78 is 64.1. The lowest BCUT2D eigenvalue weighted by Crippen LogP contribution is -2.17. The van der Waals surface area contributed by atoms with E-state index in [1.807, 2.05) is 0 Å². The Hall–Kier alpha value is -2.38. The number of aromatic nitrogens is 4. The highest BCUT2D eigenvalue weighted by molar-refractivity contribution is 7.99. The van der Waals surface area contributed by atoms with Crippen LogP contribution in [0.5, 0.6) is 5.75 Å². The van der Waals surface area contributed by atoms with Crippen molar-refractivity contribution in [2.24, 2.45) is 0 Å². The molecule has 0 amide bonds. The molecule has 0 saturated heterocycles. The average Bonchev–Trinajstić information content (AvgIpc) is 3.12. The van der Waals surface area contributed by atoms with Gasteiger partial charge in [0.1, 0.15) is 16.3 Å². The van der Waals surface area contributed by atoms with Crippen molar-refractivity contribution in [1.82, 2.24) is 19.5 Å². The number of aryl methyl sites for hydroxylation is 1. The summed E-state index contributed by atoms with van der Waals surface area (Å²) in [6.45, 7) is -1.67. The molecule has 0 aliphatic carbocycles. The number of imidazole rings is 1. The molecule has 2 aromatic heterocycles. The van der Waals surface area contributed by atoms with Crippen molar-refractivity contribution >= 4 is 36.7 Å². The first kappa shape index (κ1) is 24.3. The third-order valence-electron chi connectivity index (χ3n) is 3.88. The standard InChI is InChI=1S/C17H19F3N5O5PS/c1-28-31(27,30-9-17(18,19)20)29-7-3-6-25-10-22-13-14(25)23-16(21)24-15(13)32-12-5-2-4-11(26)8-12/h2,4-5,8,10,26H,3,6-7,9H2,1H3,(H2,21,23,24). The minimum absolute atomic E-state index is 0.0163. The Morgan fingerprint density at radius 3 is 2.75 bits per heavy atom. The number of rotatable bonds is 10. The molecule has 0 aliphatic heterocycles. The SMILES string of the molecule is COP(=O)(OCCCn1cnc2c(Sc3cccc(O)c3)nc(N)nc21)OCC(F)(F)F. The molecule has 15 heteroatoms. The van der Waals surface area contributed by atoms with Gasteiger partial charge >= 0.3 is 14.0 Å². The highest BCUT2D eigenvalue weighted by Gasteiger charge is 2.35. The van der Waals surface area contributed by atoms with Gasteiger partial charge in [-0.2, -0.15) is 18.2 Å². The van der Waals surface area contributed by atoms with Gasteiger partial charge in [-0.1, -0.05) is 17.8 Å². The average molecular weight is 493 g/mol. The molecule has 2 heterocycles. The monoisotopic (exact) mass is 493 g/mol. The topological polar surface area (TPSA) is 135 Å². The number of benzene rings is 1. The number of alkyl halides is 3. The van der Waals surface area contributed by atoms with Crippen LogP contribution in [0, 0.1) is 0 Å². The van der Waals surface area contributed by atoms with Gasteiger partial charge in [0.05, 0.1) is 12.9 Å². The molecular weight excluding hydrogens is 474 g/mol. The van der Waals surface area contributed by atoms with Gasteiger partial charge in [-0.15, -0.1) is 0 Å². The lowest BCUT2D eigenvalue weighted by atomic mass is 10.3. The van der Waals surface area contributed by atoms with E-state index in [1.165, 1.54) is 18.1 Å². The normalized spacial score (nSPS) is 14.0. The molecule has 1 aromatic carbocycles. The maximum Gasteiger partial charge on any atom is 0.474 e. The number of anilines is 1. The molecule has 32 heavy (non-hydrogen) atoms. The fraction of sp³-hybridized carbons (Fsp3) is 0.353. The molecule has 1 atom stereocenters. The van der Waals surface area contributed by atoms with Gasteiger partial charge in [0.15, 0.2) is 12.3 Å². The van der Waals surface area contributed by atoms with Crippen LogP contribution >= 0.6 is 19.6 Å². The fourth-order valence-corrected chi connectivity index (χ4v) is 4.41. The number of fused-ring (bicyclic) bond motifs is 1. The molecule has 0 aliphatic rings. The highest BCUT2D eigenvalue weighted by atomic mass is 32.2. The Balaban J connectivity index is 1.66. The van der Waals surface area contributed by atoms with Crippen LogP contribution < -0.4 is 5.73 Å². The van der Waals surface area contributed by atoms with E-state index in [0.29, 0.717) is 16.2 Å². The van der Waals surface area contributed by atoms with Gasteiger partial charge in [0, 0.05) is 18.6 Å². The zero-order valence-corrected chi connectivity index (χ0v) is 18.4. The molecule has 0 bridgehead atoms. The van der Waals surface area contributed by atoms with Crippen LogP contribution in [-0.2, 0) is 24.7 Å². The van der Waals surface area contributed by atoms with Gasteiger partial charge in [0.25, 0.3) is 0 Å². The maximum atomic E-state index is 12.3. The minimum Gasteiger partial charge on any atom is -0.508 e. The Labute approximate surface area is 184 Å². The molecular formula is C17H19F3N5O5PS. The number of phenols is 1. The van der Waals surface area contributed by atoms with E-state index in [1.54, 1.807) is 28.8 Å². The summed E-state index contributed by atoms with van der Waals surface area (Å²) in [5.74, 6) is 0.119. The molecule has 174 valence electrons. The van der Waals surface area contributed by atoms with Gasteiger partial charge in [-0.05, 0) is 24.6 Å². The van der Waals surface area contributed by atoms with Crippen LogP contribution in [0.2, 0.25) is 0 Å². The number of nitrogen functional groups attached to an aromatic ring is 1. The van der Waals surface area contributed by atoms with Crippen molar-refractivity contribution in [3.63, 3.8) is 0 Å². The van der Waals surface area contributed by atoms with Crippen molar-refractivity contribution in [3.8, 4) is 5.75 Å². The third-order valence-corrected chi connectivity index (χ3v) is 6.24. The largest absolute Gasteiger partial charge is 0.508 e. The Morgan fingerprint density at radius 2 is 2.06 bits per heavy atom. The number of hydrogen-bond acceptors (Lipinski definition) is 10. The van der Waals surface area contributed by atoms with Gasteiger partial charge in [0.2, 0.25) is 5.95 Å². The van der Waals surface area contributed by atoms with E-state index in [0.717, 1.165) is 12.0 Å². The fourth-order valence-electron chi connectivity index (χ4n) is 2.53. The van der Waals surface area contributed by atoms with E-state index in [2.05, 4.69) is 24.0 Å². The van der Waals surface area contributed by atoms with Gasteiger partial charge < -0.3 is 15.4 Å². The van der Waals surface area contributed by atoms with Crippen molar-refractivity contribution in [1.29, 1.82) is 0 Å². The minimum atomic E-state index is -4.67. The maximum absolute atomic E-state index is 12.3. The van der Waals surface area contributed by atoms with Crippen LogP contribution in [-0.4, -0.2) is 51.1 Å². The van der Waals surface area contributed by atoms with Crippen LogP contribution in [0.4, 0.5) is 19.1 Å². The summed E-state index contributed by atoms with van der Waals surface area (Å²) >= 11 is 1.25. The number of nitrogens with two attached hydrogens (primary N) is 1. The van der Waals surface area contributed by atoms with Crippen LogP contribution in [0.15, 0.2) is 40.5 Å². The zero-order chi connectivity index (χ0) is 23.4. The van der Waals surface area contributed by atoms with E-state index in [-0.39, 0.29) is 31.3 Å². The summed E-state index contributed by atoms with van der Waals surface area (Å²) in [7, 11) is -3.39. The van der Waals surface area contributed by atoms with Gasteiger partial charge in [-0.25, -0.2) is 14.5 Å². The van der Waals surface area contributed by atoms with Crippen LogP contribution in [0.3, 0.4) is 0 Å². The molecule has 0 fully saturated rings. The predicted molar refractivity (Wildman–Crippen MR) is 109 cm³/mol. The Kier molecular flexibility index (Phi) is 7.62.